The molecule has 0 aromatic heterocycles. The second-order valence-corrected chi connectivity index (χ2v) is 4.51. The number of nitrogens with zero attached hydrogens (tertiary/aromatic N) is 1. The van der Waals surface area contributed by atoms with Crippen LogP contribution in [-0.2, 0) is 4.74 Å². The minimum atomic E-state index is 0.0195. The van der Waals surface area contributed by atoms with Gasteiger partial charge in [-0.25, -0.2) is 0 Å². The first-order valence-corrected chi connectivity index (χ1v) is 5.74. The van der Waals surface area contributed by atoms with Gasteiger partial charge in [-0.15, -0.1) is 0 Å². The quantitative estimate of drug-likeness (QED) is 0.880. The summed E-state index contributed by atoms with van der Waals surface area (Å²) in [5.74, 6) is 0.759. The van der Waals surface area contributed by atoms with Crippen LogP contribution in [0.15, 0.2) is 29.3 Å². The van der Waals surface area contributed by atoms with Gasteiger partial charge in [-0.3, -0.25) is 4.99 Å². The monoisotopic (exact) mass is 238 g/mol. The highest BCUT2D eigenvalue weighted by Crippen LogP contribution is 2.25. The van der Waals surface area contributed by atoms with E-state index >= 15 is 0 Å². The normalized spacial score (nSPS) is 21.4. The van der Waals surface area contributed by atoms with Crippen LogP contribution in [0.3, 0.4) is 0 Å². The molecule has 0 aliphatic carbocycles. The summed E-state index contributed by atoms with van der Waals surface area (Å²) in [5, 5.41) is 0.735. The van der Waals surface area contributed by atoms with E-state index in [1.807, 2.05) is 31.2 Å². The molecule has 0 saturated heterocycles. The largest absolute Gasteiger partial charge is 0.471 e. The topological polar surface area (TPSA) is 47.6 Å². The fraction of sp³-hybridized carbons (Fsp3) is 0.417. The average Bonchev–Trinajstić information content (AvgIpc) is 2.66. The van der Waals surface area contributed by atoms with Crippen molar-refractivity contribution >= 4 is 17.5 Å². The number of ether oxygens (including phenoxy) is 1. The average molecular weight is 239 g/mol. The van der Waals surface area contributed by atoms with Gasteiger partial charge in [-0.1, -0.05) is 23.7 Å². The maximum Gasteiger partial charge on any atom is 0.185 e. The minimum Gasteiger partial charge on any atom is -0.471 e. The highest BCUT2D eigenvalue weighted by molar-refractivity contribution is 6.30. The third-order valence-corrected chi connectivity index (χ3v) is 2.70. The zero-order chi connectivity index (χ0) is 11.5. The Bertz CT molecular complexity index is 387. The molecule has 3 nitrogen and oxygen atoms in total. The lowest BCUT2D eigenvalue weighted by Gasteiger charge is -2.12. The van der Waals surface area contributed by atoms with E-state index in [2.05, 4.69) is 4.99 Å². The highest BCUT2D eigenvalue weighted by Gasteiger charge is 2.21. The summed E-state index contributed by atoms with van der Waals surface area (Å²) in [5.41, 5.74) is 6.80. The van der Waals surface area contributed by atoms with Gasteiger partial charge in [0.05, 0.1) is 6.54 Å². The maximum atomic E-state index is 5.83. The van der Waals surface area contributed by atoms with Crippen LogP contribution in [0.1, 0.15) is 25.0 Å². The first kappa shape index (κ1) is 11.4. The van der Waals surface area contributed by atoms with Gasteiger partial charge < -0.3 is 10.5 Å². The number of rotatable bonds is 3. The Balaban J connectivity index is 1.98. The molecule has 0 amide bonds. The number of benzene rings is 1. The second kappa shape index (κ2) is 4.85. The summed E-state index contributed by atoms with van der Waals surface area (Å²) in [6, 6.07) is 7.75. The lowest BCUT2D eigenvalue weighted by atomic mass is 10.1. The predicted octanol–water partition coefficient (Wildman–Crippen LogP) is 2.55. The molecule has 0 saturated carbocycles. The van der Waals surface area contributed by atoms with Crippen LogP contribution in [-0.4, -0.2) is 18.5 Å². The van der Waals surface area contributed by atoms with Gasteiger partial charge in [-0.05, 0) is 24.6 Å². The van der Waals surface area contributed by atoms with E-state index in [0.29, 0.717) is 13.0 Å². The van der Waals surface area contributed by atoms with Crippen LogP contribution in [0, 0.1) is 0 Å². The Morgan fingerprint density at radius 3 is 2.81 bits per heavy atom. The molecular weight excluding hydrogens is 224 g/mol. The van der Waals surface area contributed by atoms with Crippen LogP contribution in [0.5, 0.6) is 0 Å². The molecule has 1 aliphatic heterocycles. The third kappa shape index (κ3) is 2.74. The second-order valence-electron chi connectivity index (χ2n) is 4.07. The Morgan fingerprint density at radius 1 is 1.50 bits per heavy atom. The van der Waals surface area contributed by atoms with E-state index < -0.39 is 0 Å². The van der Waals surface area contributed by atoms with E-state index in [0.717, 1.165) is 16.5 Å². The van der Waals surface area contributed by atoms with Crippen molar-refractivity contribution in [1.29, 1.82) is 0 Å². The van der Waals surface area contributed by atoms with Crippen LogP contribution in [0.2, 0.25) is 5.02 Å². The molecule has 0 radical (unpaired) electrons. The summed E-state index contributed by atoms with van der Waals surface area (Å²) in [4.78, 5) is 4.34. The van der Waals surface area contributed by atoms with Crippen molar-refractivity contribution in [3.8, 4) is 0 Å². The van der Waals surface area contributed by atoms with Crippen molar-refractivity contribution in [2.45, 2.75) is 25.5 Å². The molecule has 16 heavy (non-hydrogen) atoms. The van der Waals surface area contributed by atoms with Crippen LogP contribution < -0.4 is 5.73 Å². The van der Waals surface area contributed by atoms with Gasteiger partial charge in [0, 0.05) is 17.5 Å². The summed E-state index contributed by atoms with van der Waals surface area (Å²) in [7, 11) is 0. The minimum absolute atomic E-state index is 0.0195. The molecule has 0 bridgehead atoms. The molecule has 0 fully saturated rings. The van der Waals surface area contributed by atoms with Crippen molar-refractivity contribution in [1.82, 2.24) is 0 Å². The number of halogens is 1. The Hall–Kier alpha value is -1.06. The molecular formula is C12H15ClN2O. The lowest BCUT2D eigenvalue weighted by Crippen LogP contribution is -2.20. The molecule has 1 aromatic rings. The molecule has 2 atom stereocenters. The lowest BCUT2D eigenvalue weighted by molar-refractivity contribution is 0.222. The smallest absolute Gasteiger partial charge is 0.185 e. The van der Waals surface area contributed by atoms with E-state index in [1.165, 1.54) is 0 Å². The van der Waals surface area contributed by atoms with Crippen molar-refractivity contribution in [2.24, 2.45) is 10.7 Å². The van der Waals surface area contributed by atoms with E-state index in [4.69, 9.17) is 22.1 Å². The molecule has 2 unspecified atom stereocenters. The summed E-state index contributed by atoms with van der Waals surface area (Å²) in [6.07, 6.45) is 0.718. The van der Waals surface area contributed by atoms with Crippen LogP contribution in [0.25, 0.3) is 0 Å². The molecule has 1 aliphatic rings. The number of hydrogen-bond acceptors (Lipinski definition) is 3. The highest BCUT2D eigenvalue weighted by atomic mass is 35.5. The zero-order valence-corrected chi connectivity index (χ0v) is 9.95. The van der Waals surface area contributed by atoms with E-state index in [9.17, 15) is 0 Å². The summed E-state index contributed by atoms with van der Waals surface area (Å²) >= 11 is 5.83. The van der Waals surface area contributed by atoms with E-state index in [1.54, 1.807) is 0 Å². The molecule has 4 heteroatoms. The molecule has 2 rings (SSSR count). The number of hydrogen-bond donors (Lipinski definition) is 1. The van der Waals surface area contributed by atoms with Gasteiger partial charge >= 0.3 is 0 Å². The van der Waals surface area contributed by atoms with E-state index in [-0.39, 0.29) is 12.1 Å². The molecule has 1 heterocycles. The number of nitrogens with two attached hydrogens (primary N) is 1. The Labute approximate surface area is 100 Å². The first-order valence-electron chi connectivity index (χ1n) is 5.36. The predicted molar refractivity (Wildman–Crippen MR) is 65.8 cm³/mol. The molecule has 86 valence electrons. The first-order chi connectivity index (χ1) is 7.65. The van der Waals surface area contributed by atoms with Gasteiger partial charge in [0.25, 0.3) is 0 Å². The van der Waals surface area contributed by atoms with Gasteiger partial charge in [0.15, 0.2) is 5.90 Å². The fourth-order valence-corrected chi connectivity index (χ4v) is 1.79. The van der Waals surface area contributed by atoms with Crippen molar-refractivity contribution < 1.29 is 4.74 Å². The standard InChI is InChI=1S/C12H15ClN2O/c1-8(14)6-12-15-7-11(16-12)9-2-4-10(13)5-3-9/h2-5,8,11H,6-7,14H2,1H3. The Kier molecular flexibility index (Phi) is 3.46. The van der Waals surface area contributed by atoms with Crippen LogP contribution >= 0.6 is 11.6 Å². The van der Waals surface area contributed by atoms with Crippen molar-refractivity contribution in [3.05, 3.63) is 34.9 Å². The summed E-state index contributed by atoms with van der Waals surface area (Å²) in [6.45, 7) is 2.62. The van der Waals surface area contributed by atoms with Crippen molar-refractivity contribution in [2.75, 3.05) is 6.54 Å². The SMILES string of the molecule is CC(N)CC1=NCC(c2ccc(Cl)cc2)O1. The molecule has 0 spiro atoms. The molecule has 1 aromatic carbocycles. The van der Waals surface area contributed by atoms with Gasteiger partial charge in [-0.2, -0.15) is 0 Å². The van der Waals surface area contributed by atoms with Gasteiger partial charge in [0.2, 0.25) is 0 Å². The summed E-state index contributed by atoms with van der Waals surface area (Å²) < 4.78 is 5.73. The third-order valence-electron chi connectivity index (χ3n) is 2.45. The number of aliphatic imine (C=N–C) groups is 1. The fourth-order valence-electron chi connectivity index (χ4n) is 1.66. The maximum absolute atomic E-state index is 5.83. The van der Waals surface area contributed by atoms with Gasteiger partial charge in [0.1, 0.15) is 6.10 Å². The van der Waals surface area contributed by atoms with Crippen molar-refractivity contribution in [3.63, 3.8) is 0 Å². The zero-order valence-electron chi connectivity index (χ0n) is 9.19. The van der Waals surface area contributed by atoms with Crippen LogP contribution in [0.4, 0.5) is 0 Å². The molecule has 2 N–H and O–H groups in total. The Morgan fingerprint density at radius 2 is 2.19 bits per heavy atom.